The molecular weight excluding hydrogens is 274 g/mol. The molecule has 1 aromatic rings. The predicted octanol–water partition coefficient (Wildman–Crippen LogP) is 3.94. The van der Waals surface area contributed by atoms with Crippen LogP contribution in [-0.2, 0) is 12.8 Å². The summed E-state index contributed by atoms with van der Waals surface area (Å²) in [4.78, 5) is 0. The minimum atomic E-state index is 0.645. The summed E-state index contributed by atoms with van der Waals surface area (Å²) >= 11 is 3.56. The number of hydrogen-bond donors (Lipinski definition) is 1. The van der Waals surface area contributed by atoms with Crippen molar-refractivity contribution in [1.29, 1.82) is 0 Å². The van der Waals surface area contributed by atoms with E-state index in [0.717, 1.165) is 12.5 Å². The lowest BCUT2D eigenvalue weighted by molar-refractivity contribution is 0.339. The zero-order valence-electron chi connectivity index (χ0n) is 10.8. The van der Waals surface area contributed by atoms with Crippen molar-refractivity contribution < 1.29 is 0 Å². The molecule has 0 aromatic heterocycles. The van der Waals surface area contributed by atoms with Crippen molar-refractivity contribution in [2.24, 2.45) is 5.92 Å². The third kappa shape index (κ3) is 3.32. The maximum atomic E-state index is 3.63. The Hall–Kier alpha value is -0.340. The highest BCUT2D eigenvalue weighted by atomic mass is 79.9. The van der Waals surface area contributed by atoms with E-state index in [2.05, 4.69) is 53.3 Å². The zero-order valence-corrected chi connectivity index (χ0v) is 12.4. The van der Waals surface area contributed by atoms with Crippen LogP contribution in [0.2, 0.25) is 0 Å². The lowest BCUT2D eigenvalue weighted by Gasteiger charge is -2.30. The van der Waals surface area contributed by atoms with Gasteiger partial charge in [-0.25, -0.2) is 0 Å². The second kappa shape index (κ2) is 6.01. The Bertz CT molecular complexity index is 375. The molecule has 1 aromatic carbocycles. The summed E-state index contributed by atoms with van der Waals surface area (Å²) in [5, 5.41) is 3.63. The van der Waals surface area contributed by atoms with Crippen LogP contribution in [-0.4, -0.2) is 12.6 Å². The lowest BCUT2D eigenvalue weighted by Crippen LogP contribution is -2.36. The van der Waals surface area contributed by atoms with Crippen molar-refractivity contribution in [2.75, 3.05) is 6.54 Å². The van der Waals surface area contributed by atoms with E-state index in [1.165, 1.54) is 30.2 Å². The molecule has 0 spiro atoms. The number of aryl methyl sites for hydroxylation is 1. The van der Waals surface area contributed by atoms with Gasteiger partial charge < -0.3 is 5.32 Å². The smallest absolute Gasteiger partial charge is 0.0178 e. The summed E-state index contributed by atoms with van der Waals surface area (Å²) in [6.45, 7) is 5.71. The molecule has 1 nitrogen and oxygen atoms in total. The first-order valence-corrected chi connectivity index (χ1v) is 7.50. The van der Waals surface area contributed by atoms with E-state index in [4.69, 9.17) is 0 Å². The molecule has 1 N–H and O–H groups in total. The summed E-state index contributed by atoms with van der Waals surface area (Å²) in [6, 6.07) is 7.39. The van der Waals surface area contributed by atoms with Crippen molar-refractivity contribution in [3.8, 4) is 0 Å². The summed E-state index contributed by atoms with van der Waals surface area (Å²) in [7, 11) is 0. The predicted molar refractivity (Wildman–Crippen MR) is 77.4 cm³/mol. The third-order valence-electron chi connectivity index (χ3n) is 3.86. The van der Waals surface area contributed by atoms with Crippen LogP contribution >= 0.6 is 15.9 Å². The third-order valence-corrected chi connectivity index (χ3v) is 4.35. The Morgan fingerprint density at radius 2 is 2.24 bits per heavy atom. The number of fused-ring (bicyclic) bond motifs is 1. The number of nitrogens with one attached hydrogen (secondary N) is 1. The van der Waals surface area contributed by atoms with E-state index in [1.807, 2.05) is 0 Å². The molecule has 2 atom stereocenters. The van der Waals surface area contributed by atoms with Crippen molar-refractivity contribution >= 4 is 15.9 Å². The van der Waals surface area contributed by atoms with Crippen molar-refractivity contribution in [3.63, 3.8) is 0 Å². The lowest BCUT2D eigenvalue weighted by atomic mass is 9.80. The van der Waals surface area contributed by atoms with Crippen LogP contribution in [0.5, 0.6) is 0 Å². The molecule has 1 aliphatic carbocycles. The van der Waals surface area contributed by atoms with Crippen molar-refractivity contribution in [3.05, 3.63) is 33.8 Å². The van der Waals surface area contributed by atoms with E-state index < -0.39 is 0 Å². The van der Waals surface area contributed by atoms with Gasteiger partial charge in [0, 0.05) is 10.5 Å². The minimum Gasteiger partial charge on any atom is -0.314 e. The average Bonchev–Trinajstić information content (AvgIpc) is 2.35. The van der Waals surface area contributed by atoms with Crippen LogP contribution in [0, 0.1) is 5.92 Å². The fraction of sp³-hybridized carbons (Fsp3) is 0.600. The molecule has 17 heavy (non-hydrogen) atoms. The molecule has 0 amide bonds. The van der Waals surface area contributed by atoms with E-state index >= 15 is 0 Å². The van der Waals surface area contributed by atoms with Crippen LogP contribution in [0.1, 0.15) is 37.8 Å². The van der Waals surface area contributed by atoms with Gasteiger partial charge in [-0.2, -0.15) is 0 Å². The number of hydrogen-bond acceptors (Lipinski definition) is 1. The Balaban J connectivity index is 2.00. The van der Waals surface area contributed by atoms with Gasteiger partial charge in [0.2, 0.25) is 0 Å². The van der Waals surface area contributed by atoms with Crippen LogP contribution in [0.15, 0.2) is 22.7 Å². The van der Waals surface area contributed by atoms with Crippen LogP contribution in [0.4, 0.5) is 0 Å². The molecular formula is C15H22BrN. The zero-order chi connectivity index (χ0) is 12.3. The highest BCUT2D eigenvalue weighted by Crippen LogP contribution is 2.29. The van der Waals surface area contributed by atoms with E-state index in [-0.39, 0.29) is 0 Å². The molecule has 1 aliphatic rings. The quantitative estimate of drug-likeness (QED) is 0.887. The van der Waals surface area contributed by atoms with E-state index in [1.54, 1.807) is 11.1 Å². The Labute approximate surface area is 113 Å². The number of benzene rings is 1. The second-order valence-electron chi connectivity index (χ2n) is 5.16. The fourth-order valence-electron chi connectivity index (χ4n) is 2.72. The first kappa shape index (κ1) is 13.1. The molecule has 0 saturated carbocycles. The van der Waals surface area contributed by atoms with E-state index in [0.29, 0.717) is 6.04 Å². The average molecular weight is 296 g/mol. The highest BCUT2D eigenvalue weighted by Gasteiger charge is 2.22. The first-order chi connectivity index (χ1) is 8.20. The molecule has 2 rings (SSSR count). The molecule has 94 valence electrons. The summed E-state index contributed by atoms with van der Waals surface area (Å²) in [5.74, 6) is 0.801. The van der Waals surface area contributed by atoms with Crippen molar-refractivity contribution in [1.82, 2.24) is 5.32 Å². The van der Waals surface area contributed by atoms with Crippen LogP contribution in [0.3, 0.4) is 0 Å². The Kier molecular flexibility index (Phi) is 4.63. The Morgan fingerprint density at radius 1 is 1.41 bits per heavy atom. The van der Waals surface area contributed by atoms with Gasteiger partial charge in [-0.15, -0.1) is 0 Å². The van der Waals surface area contributed by atoms with Gasteiger partial charge in [0.15, 0.2) is 0 Å². The maximum Gasteiger partial charge on any atom is 0.0178 e. The molecule has 0 aliphatic heterocycles. The van der Waals surface area contributed by atoms with Gasteiger partial charge >= 0.3 is 0 Å². The maximum absolute atomic E-state index is 3.63. The number of rotatable bonds is 4. The summed E-state index contributed by atoms with van der Waals surface area (Å²) in [5.41, 5.74) is 3.09. The van der Waals surface area contributed by atoms with Crippen LogP contribution in [0.25, 0.3) is 0 Å². The summed E-state index contributed by atoms with van der Waals surface area (Å²) in [6.07, 6.45) is 5.01. The van der Waals surface area contributed by atoms with Gasteiger partial charge in [-0.3, -0.25) is 0 Å². The molecule has 2 unspecified atom stereocenters. The highest BCUT2D eigenvalue weighted by molar-refractivity contribution is 9.10. The molecule has 0 saturated heterocycles. The molecule has 0 bridgehead atoms. The van der Waals surface area contributed by atoms with Gasteiger partial charge in [0.25, 0.3) is 0 Å². The SMILES string of the molecule is CCCNC(C)C1CCc2cc(Br)ccc2C1. The van der Waals surface area contributed by atoms with Gasteiger partial charge in [-0.05, 0) is 68.3 Å². The first-order valence-electron chi connectivity index (χ1n) is 6.71. The minimum absolute atomic E-state index is 0.645. The van der Waals surface area contributed by atoms with Gasteiger partial charge in [0.05, 0.1) is 0 Å². The molecule has 0 fully saturated rings. The monoisotopic (exact) mass is 295 g/mol. The van der Waals surface area contributed by atoms with Gasteiger partial charge in [-0.1, -0.05) is 28.9 Å². The molecule has 0 heterocycles. The van der Waals surface area contributed by atoms with E-state index in [9.17, 15) is 0 Å². The topological polar surface area (TPSA) is 12.0 Å². The van der Waals surface area contributed by atoms with Crippen LogP contribution < -0.4 is 5.32 Å². The standard InChI is InChI=1S/C15H22BrN/c1-3-8-17-11(2)12-4-5-14-10-15(16)7-6-13(14)9-12/h6-7,10-12,17H,3-5,8-9H2,1-2H3. The summed E-state index contributed by atoms with van der Waals surface area (Å²) < 4.78 is 1.21. The largest absolute Gasteiger partial charge is 0.314 e. The van der Waals surface area contributed by atoms with Crippen molar-refractivity contribution in [2.45, 2.75) is 45.6 Å². The Morgan fingerprint density at radius 3 is 3.00 bits per heavy atom. The number of halogens is 1. The normalized spacial score (nSPS) is 21.0. The fourth-order valence-corrected chi connectivity index (χ4v) is 3.13. The molecule has 0 radical (unpaired) electrons. The molecule has 2 heteroatoms. The second-order valence-corrected chi connectivity index (χ2v) is 6.07. The van der Waals surface area contributed by atoms with Gasteiger partial charge in [0.1, 0.15) is 0 Å².